The number of carbonyl (C=O) groups excluding carboxylic acids is 2. The van der Waals surface area contributed by atoms with Gasteiger partial charge in [-0.1, -0.05) is 18.2 Å². The van der Waals surface area contributed by atoms with E-state index in [9.17, 15) is 22.8 Å². The minimum absolute atomic E-state index is 0.232. The van der Waals surface area contributed by atoms with E-state index in [1.165, 1.54) is 11.9 Å². The van der Waals surface area contributed by atoms with E-state index in [-0.39, 0.29) is 18.9 Å². The fourth-order valence-electron chi connectivity index (χ4n) is 2.24. The molecule has 27 heavy (non-hydrogen) atoms. The number of hydrogen-bond acceptors (Lipinski definition) is 3. The summed E-state index contributed by atoms with van der Waals surface area (Å²) in [6.45, 7) is -0.316. The highest BCUT2D eigenvalue weighted by atomic mass is 32.2. The molecule has 0 saturated heterocycles. The van der Waals surface area contributed by atoms with Gasteiger partial charge in [-0.25, -0.2) is 13.2 Å². The molecule has 2 aromatic rings. The van der Waals surface area contributed by atoms with Crippen molar-refractivity contribution < 1.29 is 22.8 Å². The van der Waals surface area contributed by atoms with Crippen molar-refractivity contribution in [3.8, 4) is 0 Å². The lowest BCUT2D eigenvalue weighted by atomic mass is 10.2. The van der Waals surface area contributed by atoms with Crippen LogP contribution < -0.4 is 5.32 Å². The van der Waals surface area contributed by atoms with Gasteiger partial charge in [0, 0.05) is 18.4 Å². The Morgan fingerprint density at radius 1 is 1.04 bits per heavy atom. The average molecular weight is 396 g/mol. The summed E-state index contributed by atoms with van der Waals surface area (Å²) in [7, 11) is 1.45. The van der Waals surface area contributed by atoms with Crippen LogP contribution in [0.3, 0.4) is 0 Å². The Labute approximate surface area is 159 Å². The molecule has 4 nitrogen and oxygen atoms in total. The predicted octanol–water partition coefficient (Wildman–Crippen LogP) is 4.07. The molecule has 0 bridgehead atoms. The lowest BCUT2D eigenvalue weighted by molar-refractivity contribution is -0.133. The number of benzene rings is 2. The van der Waals surface area contributed by atoms with Gasteiger partial charge in [-0.2, -0.15) is 0 Å². The molecule has 2 aromatic carbocycles. The molecular weight excluding hydrogens is 377 g/mol. The molecule has 0 saturated carbocycles. The Bertz CT molecular complexity index is 803. The summed E-state index contributed by atoms with van der Waals surface area (Å²) in [6.07, 6.45) is 0.908. The van der Waals surface area contributed by atoms with E-state index in [1.54, 1.807) is 11.8 Å². The summed E-state index contributed by atoms with van der Waals surface area (Å²) in [5.74, 6) is -4.65. The number of anilines is 1. The van der Waals surface area contributed by atoms with Gasteiger partial charge in [0.2, 0.25) is 11.8 Å². The van der Waals surface area contributed by atoms with Crippen LogP contribution in [0.15, 0.2) is 47.4 Å². The maximum atomic E-state index is 13.6. The number of nitrogens with one attached hydrogen (secondary N) is 1. The number of nitrogens with zero attached hydrogens (tertiary/aromatic N) is 1. The second kappa shape index (κ2) is 10.0. The van der Waals surface area contributed by atoms with Crippen molar-refractivity contribution in [2.24, 2.45) is 0 Å². The molecule has 0 atom stereocenters. The average Bonchev–Trinajstić information content (AvgIpc) is 2.66. The Balaban J connectivity index is 1.75. The van der Waals surface area contributed by atoms with E-state index in [1.807, 2.05) is 30.3 Å². The molecule has 8 heteroatoms. The van der Waals surface area contributed by atoms with Crippen LogP contribution in [0.5, 0.6) is 0 Å². The van der Waals surface area contributed by atoms with Gasteiger partial charge in [-0.05, 0) is 36.4 Å². The summed E-state index contributed by atoms with van der Waals surface area (Å²) in [6, 6.07) is 11.4. The van der Waals surface area contributed by atoms with E-state index in [0.29, 0.717) is 12.5 Å². The maximum absolute atomic E-state index is 13.6. The smallest absolute Gasteiger partial charge is 0.244 e. The largest absolute Gasteiger partial charge is 0.336 e. The van der Waals surface area contributed by atoms with E-state index >= 15 is 0 Å². The molecular formula is C19H19F3N2O2S. The molecule has 0 aliphatic carbocycles. The van der Waals surface area contributed by atoms with E-state index < -0.39 is 29.0 Å². The molecule has 0 unspecified atom stereocenters. The van der Waals surface area contributed by atoms with Gasteiger partial charge in [0.15, 0.2) is 17.5 Å². The predicted molar refractivity (Wildman–Crippen MR) is 99.0 cm³/mol. The molecule has 0 heterocycles. The Morgan fingerprint density at radius 3 is 2.44 bits per heavy atom. The van der Waals surface area contributed by atoms with Crippen LogP contribution in [-0.2, 0) is 9.59 Å². The zero-order valence-corrected chi connectivity index (χ0v) is 15.5. The first-order valence-corrected chi connectivity index (χ1v) is 9.22. The normalized spacial score (nSPS) is 10.5. The van der Waals surface area contributed by atoms with Gasteiger partial charge in [0.05, 0.1) is 12.2 Å². The van der Waals surface area contributed by atoms with Crippen molar-refractivity contribution in [2.45, 2.75) is 17.7 Å². The van der Waals surface area contributed by atoms with Crippen molar-refractivity contribution in [1.29, 1.82) is 0 Å². The zero-order chi connectivity index (χ0) is 19.8. The van der Waals surface area contributed by atoms with Gasteiger partial charge in [0.25, 0.3) is 0 Å². The molecule has 0 radical (unpaired) electrons. The monoisotopic (exact) mass is 396 g/mol. The minimum atomic E-state index is -1.66. The number of carbonyl (C=O) groups is 2. The molecule has 0 aromatic heterocycles. The van der Waals surface area contributed by atoms with E-state index in [4.69, 9.17) is 0 Å². The first kappa shape index (κ1) is 20.8. The van der Waals surface area contributed by atoms with Crippen molar-refractivity contribution in [1.82, 2.24) is 4.90 Å². The summed E-state index contributed by atoms with van der Waals surface area (Å²) in [4.78, 5) is 26.3. The Morgan fingerprint density at radius 2 is 1.74 bits per heavy atom. The minimum Gasteiger partial charge on any atom is -0.336 e. The van der Waals surface area contributed by atoms with Crippen LogP contribution in [0.4, 0.5) is 18.9 Å². The third-order valence-corrected chi connectivity index (χ3v) is 4.76. The van der Waals surface area contributed by atoms with Crippen LogP contribution in [-0.4, -0.2) is 36.1 Å². The molecule has 144 valence electrons. The van der Waals surface area contributed by atoms with Crippen LogP contribution in [0.25, 0.3) is 0 Å². The SMILES string of the molecule is CN(CC(=O)Nc1ccc(F)c(F)c1F)C(=O)CCCSc1ccccc1. The lowest BCUT2D eigenvalue weighted by Gasteiger charge is -2.17. The number of amides is 2. The highest BCUT2D eigenvalue weighted by Crippen LogP contribution is 2.20. The van der Waals surface area contributed by atoms with Gasteiger partial charge < -0.3 is 10.2 Å². The van der Waals surface area contributed by atoms with Crippen molar-refractivity contribution >= 4 is 29.3 Å². The fraction of sp³-hybridized carbons (Fsp3) is 0.263. The molecule has 0 spiro atoms. The van der Waals surface area contributed by atoms with Gasteiger partial charge in [0.1, 0.15) is 0 Å². The topological polar surface area (TPSA) is 49.4 Å². The second-order valence-corrected chi connectivity index (χ2v) is 6.95. The standard InChI is InChI=1S/C19H19F3N2O2S/c1-24(17(26)8-5-11-27-13-6-3-2-4-7-13)12-16(25)23-15-10-9-14(20)18(21)19(15)22/h2-4,6-7,9-10H,5,8,11-12H2,1H3,(H,23,25). The van der Waals surface area contributed by atoms with Gasteiger partial charge in [-0.3, -0.25) is 9.59 Å². The third kappa shape index (κ3) is 6.32. The first-order valence-electron chi connectivity index (χ1n) is 8.23. The van der Waals surface area contributed by atoms with Crippen LogP contribution in [0.2, 0.25) is 0 Å². The quantitative estimate of drug-likeness (QED) is 0.416. The van der Waals surface area contributed by atoms with Crippen LogP contribution >= 0.6 is 11.8 Å². The number of rotatable bonds is 8. The van der Waals surface area contributed by atoms with Crippen molar-refractivity contribution in [2.75, 3.05) is 24.7 Å². The summed E-state index contributed by atoms with van der Waals surface area (Å²) in [5.41, 5.74) is -0.473. The second-order valence-electron chi connectivity index (χ2n) is 5.79. The summed E-state index contributed by atoms with van der Waals surface area (Å²) >= 11 is 1.64. The van der Waals surface area contributed by atoms with Crippen LogP contribution in [0.1, 0.15) is 12.8 Å². The first-order chi connectivity index (χ1) is 12.9. The fourth-order valence-corrected chi connectivity index (χ4v) is 3.11. The molecule has 0 fully saturated rings. The van der Waals surface area contributed by atoms with Crippen molar-refractivity contribution in [3.05, 3.63) is 59.9 Å². The van der Waals surface area contributed by atoms with Gasteiger partial charge in [-0.15, -0.1) is 11.8 Å². The van der Waals surface area contributed by atoms with Crippen molar-refractivity contribution in [3.63, 3.8) is 0 Å². The van der Waals surface area contributed by atoms with Gasteiger partial charge >= 0.3 is 0 Å². The lowest BCUT2D eigenvalue weighted by Crippen LogP contribution is -2.35. The Hall–Kier alpha value is -2.48. The third-order valence-electron chi connectivity index (χ3n) is 3.66. The highest BCUT2D eigenvalue weighted by Gasteiger charge is 2.17. The maximum Gasteiger partial charge on any atom is 0.244 e. The molecule has 1 N–H and O–H groups in total. The van der Waals surface area contributed by atoms with E-state index in [2.05, 4.69) is 5.32 Å². The number of hydrogen-bond donors (Lipinski definition) is 1. The highest BCUT2D eigenvalue weighted by molar-refractivity contribution is 7.99. The Kier molecular flexibility index (Phi) is 7.72. The summed E-state index contributed by atoms with van der Waals surface area (Å²) < 4.78 is 39.6. The molecule has 0 aliphatic rings. The summed E-state index contributed by atoms with van der Waals surface area (Å²) in [5, 5.41) is 2.13. The molecule has 2 amide bonds. The zero-order valence-electron chi connectivity index (χ0n) is 14.7. The van der Waals surface area contributed by atoms with E-state index in [0.717, 1.165) is 16.7 Å². The van der Waals surface area contributed by atoms with Crippen LogP contribution in [0, 0.1) is 17.5 Å². The molecule has 0 aliphatic heterocycles. The number of halogens is 3. The number of likely N-dealkylation sites (N-methyl/N-ethyl adjacent to an activating group) is 1. The number of thioether (sulfide) groups is 1. The molecule has 2 rings (SSSR count).